The van der Waals surface area contributed by atoms with Crippen LogP contribution in [0.4, 0.5) is 9.59 Å². The van der Waals surface area contributed by atoms with Gasteiger partial charge in [0.2, 0.25) is 0 Å². The lowest BCUT2D eigenvalue weighted by molar-refractivity contribution is 0.240. The number of rotatable bonds is 3. The molecule has 170 valence electrons. The molecule has 0 bridgehead atoms. The average molecular weight is 469 g/mol. The number of hydrogen-bond acceptors (Lipinski definition) is 4. The molecule has 6 heteroatoms. The molecule has 4 rings (SSSR count). The highest BCUT2D eigenvalue weighted by Crippen LogP contribution is 2.48. The fraction of sp³-hybridized carbons (Fsp3) is 0.462. The molecule has 2 aromatic rings. The van der Waals surface area contributed by atoms with Crippen molar-refractivity contribution in [3.8, 4) is 0 Å². The lowest BCUT2D eigenvalue weighted by Gasteiger charge is -2.37. The quantitative estimate of drug-likeness (QED) is 0.503. The largest absolute Gasteiger partial charge is 0.340 e. The Morgan fingerprint density at radius 3 is 2.31 bits per heavy atom. The second kappa shape index (κ2) is 9.92. The Morgan fingerprint density at radius 1 is 0.844 bits per heavy atom. The summed E-state index contributed by atoms with van der Waals surface area (Å²) in [5.74, 6) is 0.111. The van der Waals surface area contributed by atoms with Crippen molar-refractivity contribution < 1.29 is 9.59 Å². The Balaban J connectivity index is 1.88. The molecule has 0 N–H and O–H groups in total. The van der Waals surface area contributed by atoms with Crippen molar-refractivity contribution >= 4 is 34.0 Å². The van der Waals surface area contributed by atoms with Crippen LogP contribution in [0.1, 0.15) is 53.0 Å². The summed E-state index contributed by atoms with van der Waals surface area (Å²) in [5, 5.41) is 0.296. The standard InChI is InChI=1S/C26H32N2O2S2/c1-27(2)25(29)31-21-15-13-17-9-5-7-11-19(17)23(21)24-20-12-8-6-10-18(20)14-16-22(24)32-26(30)28(3)4/h5,7,9,11,14,16,21,23H,6,8,10,12-13,15H2,1-4H3/t21-,23+/m1/s1. The third-order valence-corrected chi connectivity index (χ3v) is 8.98. The minimum atomic E-state index is 0.0414. The number of carbonyl (C=O) groups excluding carboxylic acids is 2. The molecule has 0 saturated heterocycles. The lowest BCUT2D eigenvalue weighted by Crippen LogP contribution is -2.30. The monoisotopic (exact) mass is 468 g/mol. The van der Waals surface area contributed by atoms with Crippen LogP contribution in [0, 0.1) is 0 Å². The molecule has 2 amide bonds. The van der Waals surface area contributed by atoms with Gasteiger partial charge in [0.05, 0.1) is 0 Å². The molecule has 0 aliphatic heterocycles. The Morgan fingerprint density at radius 2 is 1.56 bits per heavy atom. The van der Waals surface area contributed by atoms with Gasteiger partial charge in [-0.2, -0.15) is 0 Å². The van der Waals surface area contributed by atoms with Crippen LogP contribution in [0.2, 0.25) is 0 Å². The Kier molecular flexibility index (Phi) is 7.21. The van der Waals surface area contributed by atoms with E-state index in [-0.39, 0.29) is 21.6 Å². The normalized spacial score (nSPS) is 19.6. The molecule has 2 atom stereocenters. The van der Waals surface area contributed by atoms with Crippen molar-refractivity contribution in [1.29, 1.82) is 0 Å². The fourth-order valence-electron chi connectivity index (χ4n) is 4.88. The second-order valence-electron chi connectivity index (χ2n) is 9.12. The molecule has 0 saturated carbocycles. The maximum atomic E-state index is 12.8. The van der Waals surface area contributed by atoms with Crippen LogP contribution in [0.5, 0.6) is 0 Å². The van der Waals surface area contributed by atoms with E-state index in [4.69, 9.17) is 0 Å². The molecule has 4 nitrogen and oxygen atoms in total. The van der Waals surface area contributed by atoms with Gasteiger partial charge >= 0.3 is 0 Å². The van der Waals surface area contributed by atoms with Crippen LogP contribution < -0.4 is 0 Å². The highest BCUT2D eigenvalue weighted by molar-refractivity contribution is 8.14. The maximum absolute atomic E-state index is 12.8. The Labute approximate surface area is 200 Å². The molecular weight excluding hydrogens is 436 g/mol. The van der Waals surface area contributed by atoms with Gasteiger partial charge in [-0.3, -0.25) is 9.59 Å². The smallest absolute Gasteiger partial charge is 0.285 e. The summed E-state index contributed by atoms with van der Waals surface area (Å²) >= 11 is 2.79. The van der Waals surface area contributed by atoms with Gasteiger partial charge in [0.1, 0.15) is 0 Å². The number of carbonyl (C=O) groups is 2. The average Bonchev–Trinajstić information content (AvgIpc) is 2.79. The zero-order chi connectivity index (χ0) is 22.8. The number of thioether (sulfide) groups is 2. The van der Waals surface area contributed by atoms with E-state index < -0.39 is 0 Å². The van der Waals surface area contributed by atoms with Crippen molar-refractivity contribution in [2.75, 3.05) is 28.2 Å². The zero-order valence-electron chi connectivity index (χ0n) is 19.4. The van der Waals surface area contributed by atoms with Crippen LogP contribution in [0.15, 0.2) is 41.3 Å². The SMILES string of the molecule is CN(C)C(=O)Sc1ccc2c(c1[C@H]1c3ccccc3CC[C@H]1SC(=O)N(C)C)CCCC2. The van der Waals surface area contributed by atoms with Crippen LogP contribution in [-0.2, 0) is 19.3 Å². The summed E-state index contributed by atoms with van der Waals surface area (Å²) in [6, 6.07) is 13.1. The van der Waals surface area contributed by atoms with Gasteiger partial charge in [0, 0.05) is 44.3 Å². The fourth-order valence-corrected chi connectivity index (χ4v) is 6.87. The van der Waals surface area contributed by atoms with Crippen molar-refractivity contribution in [3.05, 3.63) is 64.2 Å². The van der Waals surface area contributed by atoms with Crippen LogP contribution in [0.25, 0.3) is 0 Å². The number of benzene rings is 2. The van der Waals surface area contributed by atoms with E-state index in [1.54, 1.807) is 23.9 Å². The Hall–Kier alpha value is -1.92. The molecule has 0 heterocycles. The first-order chi connectivity index (χ1) is 15.4. The van der Waals surface area contributed by atoms with E-state index in [0.717, 1.165) is 30.6 Å². The summed E-state index contributed by atoms with van der Waals surface area (Å²) in [6.07, 6.45) is 6.48. The molecular formula is C26H32N2O2S2. The summed E-state index contributed by atoms with van der Waals surface area (Å²) in [5.41, 5.74) is 6.81. The first kappa shape index (κ1) is 23.2. The van der Waals surface area contributed by atoms with Crippen molar-refractivity contribution in [2.24, 2.45) is 0 Å². The maximum Gasteiger partial charge on any atom is 0.285 e. The van der Waals surface area contributed by atoms with Crippen LogP contribution in [-0.4, -0.2) is 53.7 Å². The summed E-state index contributed by atoms with van der Waals surface area (Å²) < 4.78 is 0. The number of aryl methyl sites for hydroxylation is 2. The lowest BCUT2D eigenvalue weighted by atomic mass is 9.74. The van der Waals surface area contributed by atoms with E-state index in [0.29, 0.717) is 0 Å². The van der Waals surface area contributed by atoms with E-state index in [2.05, 4.69) is 36.4 Å². The van der Waals surface area contributed by atoms with Gasteiger partial charge in [-0.25, -0.2) is 0 Å². The van der Waals surface area contributed by atoms with E-state index >= 15 is 0 Å². The second-order valence-corrected chi connectivity index (χ2v) is 11.3. The summed E-state index contributed by atoms with van der Waals surface area (Å²) in [6.45, 7) is 0. The van der Waals surface area contributed by atoms with Gasteiger partial charge in [-0.15, -0.1) is 0 Å². The van der Waals surface area contributed by atoms with Crippen LogP contribution in [0.3, 0.4) is 0 Å². The molecule has 0 unspecified atom stereocenters. The molecule has 0 spiro atoms. The minimum Gasteiger partial charge on any atom is -0.340 e. The predicted molar refractivity (Wildman–Crippen MR) is 135 cm³/mol. The zero-order valence-corrected chi connectivity index (χ0v) is 21.0. The molecule has 2 aromatic carbocycles. The third kappa shape index (κ3) is 4.72. The topological polar surface area (TPSA) is 40.6 Å². The molecule has 0 radical (unpaired) electrons. The van der Waals surface area contributed by atoms with Gasteiger partial charge in [-0.1, -0.05) is 42.1 Å². The highest BCUT2D eigenvalue weighted by atomic mass is 32.2. The molecule has 0 fully saturated rings. The van der Waals surface area contributed by atoms with Gasteiger partial charge < -0.3 is 9.80 Å². The third-order valence-electron chi connectivity index (χ3n) is 6.49. The van der Waals surface area contributed by atoms with Gasteiger partial charge in [-0.05, 0) is 84.2 Å². The molecule has 2 aliphatic carbocycles. The van der Waals surface area contributed by atoms with Gasteiger partial charge in [0.15, 0.2) is 0 Å². The van der Waals surface area contributed by atoms with Crippen molar-refractivity contribution in [2.45, 2.75) is 54.6 Å². The van der Waals surface area contributed by atoms with Gasteiger partial charge in [0.25, 0.3) is 10.5 Å². The minimum absolute atomic E-state index is 0.0414. The predicted octanol–water partition coefficient (Wildman–Crippen LogP) is 6.20. The first-order valence-electron chi connectivity index (χ1n) is 11.4. The summed E-state index contributed by atoms with van der Waals surface area (Å²) in [4.78, 5) is 29.9. The molecule has 32 heavy (non-hydrogen) atoms. The van der Waals surface area contributed by atoms with E-state index in [1.165, 1.54) is 64.2 Å². The number of nitrogens with zero attached hydrogens (tertiary/aromatic N) is 2. The highest BCUT2D eigenvalue weighted by Gasteiger charge is 2.37. The number of fused-ring (bicyclic) bond motifs is 2. The van der Waals surface area contributed by atoms with E-state index in [9.17, 15) is 9.59 Å². The van der Waals surface area contributed by atoms with Crippen LogP contribution >= 0.6 is 23.5 Å². The van der Waals surface area contributed by atoms with Crippen molar-refractivity contribution in [3.63, 3.8) is 0 Å². The molecule has 0 aromatic heterocycles. The Bertz CT molecular complexity index is 1020. The first-order valence-corrected chi connectivity index (χ1v) is 13.1. The molecule has 2 aliphatic rings. The number of hydrogen-bond donors (Lipinski definition) is 0. The number of amides is 2. The summed E-state index contributed by atoms with van der Waals surface area (Å²) in [7, 11) is 7.25. The van der Waals surface area contributed by atoms with E-state index in [1.807, 2.05) is 14.1 Å². The van der Waals surface area contributed by atoms with Crippen molar-refractivity contribution in [1.82, 2.24) is 9.80 Å².